The molecule has 4 heterocycles. The van der Waals surface area contributed by atoms with Crippen molar-refractivity contribution in [3.63, 3.8) is 0 Å². The molecule has 2 heteroatoms. The second-order valence-corrected chi connectivity index (χ2v) is 24.4. The standard InChI is InChI=1S/C56H64N2/c1-49(2,3)29-19-21-31-39(23-29)57-41-27-37-35(51(7,8)55(15,16)53(37,11)12)25-33(41)46-44-32-22-20-30(50(4,5)6)24-40(32)58-42-28-38-36(52(9,10)56(17,18)54(38,13)14)26-34(42)45(48(44)58)43(31)47(46)57/h19-28H,1-18H3. The average molecular weight is 765 g/mol. The Hall–Kier alpha value is -4.30. The highest BCUT2D eigenvalue weighted by Crippen LogP contribution is 2.65. The Labute approximate surface area is 345 Å². The van der Waals surface area contributed by atoms with Gasteiger partial charge in [-0.05, 0) is 113 Å². The van der Waals surface area contributed by atoms with Crippen molar-refractivity contribution >= 4 is 76.2 Å². The molecule has 0 amide bonds. The summed E-state index contributed by atoms with van der Waals surface area (Å²) in [6.45, 7) is 44.1. The first-order valence-corrected chi connectivity index (χ1v) is 22.1. The van der Waals surface area contributed by atoms with Gasteiger partial charge >= 0.3 is 0 Å². The summed E-state index contributed by atoms with van der Waals surface area (Å²) in [6, 6.07) is 25.4. The minimum Gasteiger partial charge on any atom is -0.308 e. The quantitative estimate of drug-likeness (QED) is 0.145. The molecule has 11 rings (SSSR count). The maximum absolute atomic E-state index is 2.71. The van der Waals surface area contributed by atoms with Gasteiger partial charge in [-0.2, -0.15) is 0 Å². The number of nitrogens with zero attached hydrogens (tertiary/aromatic N) is 2. The van der Waals surface area contributed by atoms with Crippen LogP contribution in [0.3, 0.4) is 0 Å². The Balaban J connectivity index is 1.47. The summed E-state index contributed by atoms with van der Waals surface area (Å²) in [5, 5.41) is 11.2. The van der Waals surface area contributed by atoms with Crippen LogP contribution in [0.4, 0.5) is 0 Å². The molecule has 58 heavy (non-hydrogen) atoms. The fourth-order valence-electron chi connectivity index (χ4n) is 12.7. The second kappa shape index (κ2) is 9.83. The molecule has 0 N–H and O–H groups in total. The Kier molecular flexibility index (Phi) is 6.23. The van der Waals surface area contributed by atoms with Gasteiger partial charge in [0.05, 0.1) is 33.1 Å². The van der Waals surface area contributed by atoms with Gasteiger partial charge in [-0.1, -0.05) is 149 Å². The molecular formula is C56H64N2. The normalized spacial score (nSPS) is 20.7. The zero-order chi connectivity index (χ0) is 41.8. The lowest BCUT2D eigenvalue weighted by atomic mass is 9.59. The highest BCUT2D eigenvalue weighted by Gasteiger charge is 2.58. The monoisotopic (exact) mass is 765 g/mol. The van der Waals surface area contributed by atoms with Gasteiger partial charge in [0.25, 0.3) is 0 Å². The van der Waals surface area contributed by atoms with Crippen LogP contribution in [0.25, 0.3) is 76.2 Å². The van der Waals surface area contributed by atoms with E-state index in [2.05, 4.69) is 194 Å². The molecule has 2 aliphatic carbocycles. The van der Waals surface area contributed by atoms with Crippen LogP contribution in [0.15, 0.2) is 60.7 Å². The van der Waals surface area contributed by atoms with E-state index in [9.17, 15) is 0 Å². The summed E-state index contributed by atoms with van der Waals surface area (Å²) in [5.74, 6) is 0. The summed E-state index contributed by atoms with van der Waals surface area (Å²) in [6.07, 6.45) is 0. The van der Waals surface area contributed by atoms with E-state index in [1.54, 1.807) is 0 Å². The Morgan fingerprint density at radius 1 is 0.345 bits per heavy atom. The zero-order valence-corrected chi connectivity index (χ0v) is 38.7. The molecule has 0 saturated carbocycles. The molecule has 0 spiro atoms. The van der Waals surface area contributed by atoms with Crippen LogP contribution in [0.5, 0.6) is 0 Å². The minimum atomic E-state index is 0.00547. The molecule has 4 aromatic heterocycles. The molecule has 0 bridgehead atoms. The Bertz CT molecular complexity index is 3100. The fourth-order valence-corrected chi connectivity index (χ4v) is 12.7. The van der Waals surface area contributed by atoms with Crippen LogP contribution in [-0.4, -0.2) is 8.80 Å². The van der Waals surface area contributed by atoms with Crippen molar-refractivity contribution < 1.29 is 0 Å². The van der Waals surface area contributed by atoms with Crippen LogP contribution in [-0.2, 0) is 32.5 Å². The highest BCUT2D eigenvalue weighted by atomic mass is 14.9. The fraction of sp³-hybridized carbons (Fsp3) is 0.464. The van der Waals surface area contributed by atoms with E-state index in [1.165, 1.54) is 110 Å². The average Bonchev–Trinajstić information content (AvgIpc) is 3.87. The summed E-state index contributed by atoms with van der Waals surface area (Å²) in [7, 11) is 0. The van der Waals surface area contributed by atoms with Gasteiger partial charge in [-0.25, -0.2) is 0 Å². The van der Waals surface area contributed by atoms with Crippen LogP contribution in [0.1, 0.15) is 158 Å². The zero-order valence-electron chi connectivity index (χ0n) is 38.7. The van der Waals surface area contributed by atoms with Crippen LogP contribution in [0.2, 0.25) is 0 Å². The lowest BCUT2D eigenvalue weighted by molar-refractivity contribution is 0.125. The van der Waals surface area contributed by atoms with Crippen LogP contribution < -0.4 is 0 Å². The van der Waals surface area contributed by atoms with Gasteiger partial charge in [-0.3, -0.25) is 0 Å². The maximum atomic E-state index is 2.71. The largest absolute Gasteiger partial charge is 0.308 e. The lowest BCUT2D eigenvalue weighted by Crippen LogP contribution is -2.42. The number of benzene rings is 5. The molecule has 0 unspecified atom stereocenters. The molecule has 5 aromatic carbocycles. The van der Waals surface area contributed by atoms with E-state index in [1.807, 2.05) is 0 Å². The van der Waals surface area contributed by atoms with Gasteiger partial charge in [0.1, 0.15) is 0 Å². The number of rotatable bonds is 0. The maximum Gasteiger partial charge on any atom is 0.0634 e. The van der Waals surface area contributed by atoms with E-state index in [0.717, 1.165) is 0 Å². The predicted molar refractivity (Wildman–Crippen MR) is 253 cm³/mol. The summed E-state index contributed by atoms with van der Waals surface area (Å²) in [5.41, 5.74) is 17.2. The predicted octanol–water partition coefficient (Wildman–Crippen LogP) is 15.8. The van der Waals surface area contributed by atoms with Crippen molar-refractivity contribution in [2.24, 2.45) is 10.8 Å². The molecule has 0 atom stereocenters. The molecule has 0 radical (unpaired) electrons. The summed E-state index contributed by atoms with van der Waals surface area (Å²) in [4.78, 5) is 0. The lowest BCUT2D eigenvalue weighted by Gasteiger charge is -2.44. The van der Waals surface area contributed by atoms with Gasteiger partial charge < -0.3 is 8.80 Å². The van der Waals surface area contributed by atoms with E-state index >= 15 is 0 Å². The molecule has 2 nitrogen and oxygen atoms in total. The van der Waals surface area contributed by atoms with E-state index < -0.39 is 0 Å². The highest BCUT2D eigenvalue weighted by molar-refractivity contribution is 6.45. The van der Waals surface area contributed by atoms with E-state index in [0.29, 0.717) is 0 Å². The van der Waals surface area contributed by atoms with E-state index in [-0.39, 0.29) is 43.3 Å². The molecule has 298 valence electrons. The Morgan fingerprint density at radius 2 is 0.621 bits per heavy atom. The third-order valence-electron chi connectivity index (χ3n) is 18.9. The van der Waals surface area contributed by atoms with Gasteiger partial charge in [0.2, 0.25) is 0 Å². The number of fused-ring (bicyclic) bond motifs is 16. The van der Waals surface area contributed by atoms with Crippen LogP contribution in [0, 0.1) is 10.8 Å². The van der Waals surface area contributed by atoms with Gasteiger partial charge in [-0.15, -0.1) is 0 Å². The minimum absolute atomic E-state index is 0.00547. The smallest absolute Gasteiger partial charge is 0.0634 e. The topological polar surface area (TPSA) is 8.82 Å². The van der Waals surface area contributed by atoms with Crippen molar-refractivity contribution in [1.82, 2.24) is 8.80 Å². The first-order valence-electron chi connectivity index (χ1n) is 22.1. The van der Waals surface area contributed by atoms with Crippen LogP contribution >= 0.6 is 0 Å². The van der Waals surface area contributed by atoms with Gasteiger partial charge in [0.15, 0.2) is 0 Å². The molecule has 2 aliphatic rings. The molecule has 9 aromatic rings. The Morgan fingerprint density at radius 3 is 0.931 bits per heavy atom. The second-order valence-electron chi connectivity index (χ2n) is 24.4. The first-order chi connectivity index (χ1) is 26.6. The van der Waals surface area contributed by atoms with Crippen molar-refractivity contribution in [1.29, 1.82) is 0 Å². The van der Waals surface area contributed by atoms with Crippen molar-refractivity contribution in [2.75, 3.05) is 0 Å². The van der Waals surface area contributed by atoms with Crippen molar-refractivity contribution in [3.8, 4) is 0 Å². The first kappa shape index (κ1) is 36.8. The third-order valence-corrected chi connectivity index (χ3v) is 18.9. The molecule has 0 fully saturated rings. The van der Waals surface area contributed by atoms with E-state index in [4.69, 9.17) is 0 Å². The number of hydrogen-bond acceptors (Lipinski definition) is 0. The molecule has 0 saturated heterocycles. The number of hydrogen-bond donors (Lipinski definition) is 0. The van der Waals surface area contributed by atoms with Crippen molar-refractivity contribution in [3.05, 3.63) is 94.0 Å². The summed E-state index contributed by atoms with van der Waals surface area (Å²) < 4.78 is 5.42. The van der Waals surface area contributed by atoms with Crippen molar-refractivity contribution in [2.45, 2.75) is 157 Å². The van der Waals surface area contributed by atoms with Gasteiger partial charge in [0, 0.05) is 43.1 Å². The molecule has 0 aliphatic heterocycles. The SMILES string of the molecule is CC(C)(C)c1ccc2c3c4c5cc6c(cc5n5c7cc(C(C)(C)C)ccc7c(c7c8cc9c(cc8n(c2c1)c37)C(C)(C)C(C)(C)C9(C)C)c45)C(C)(C)C(C)(C)C6(C)C. The molecular weight excluding hydrogens is 701 g/mol. The third kappa shape index (κ3) is 3.69. The summed E-state index contributed by atoms with van der Waals surface area (Å²) >= 11 is 0. The number of aromatic nitrogens is 2.